The van der Waals surface area contributed by atoms with Crippen LogP contribution in [-0.2, 0) is 14.8 Å². The van der Waals surface area contributed by atoms with Crippen LogP contribution in [0.3, 0.4) is 0 Å². The lowest BCUT2D eigenvalue weighted by atomic mass is 9.98. The summed E-state index contributed by atoms with van der Waals surface area (Å²) in [5.74, 6) is -1.56. The van der Waals surface area contributed by atoms with Crippen LogP contribution in [0.25, 0.3) is 0 Å². The molecule has 0 radical (unpaired) electrons. The first-order chi connectivity index (χ1) is 9.22. The standard InChI is InChI=1S/C13H20N2O4S/c1-9(2)7-10(13(16)17)8-15-20(18,19)12-5-3-11(14)4-6-12/h3-6,9-10,15H,7-8,14H2,1-2H3,(H,16,17). The fraction of sp³-hybridized carbons (Fsp3) is 0.462. The largest absolute Gasteiger partial charge is 0.481 e. The molecule has 0 saturated carbocycles. The summed E-state index contributed by atoms with van der Waals surface area (Å²) in [6.45, 7) is 3.66. The van der Waals surface area contributed by atoms with Crippen molar-refractivity contribution < 1.29 is 18.3 Å². The van der Waals surface area contributed by atoms with Crippen molar-refractivity contribution in [3.05, 3.63) is 24.3 Å². The van der Waals surface area contributed by atoms with Crippen molar-refractivity contribution in [2.45, 2.75) is 25.2 Å². The minimum Gasteiger partial charge on any atom is -0.481 e. The lowest BCUT2D eigenvalue weighted by Crippen LogP contribution is -2.33. The number of hydrogen-bond acceptors (Lipinski definition) is 4. The summed E-state index contributed by atoms with van der Waals surface area (Å²) in [6.07, 6.45) is 0.416. The number of nitrogens with one attached hydrogen (secondary N) is 1. The van der Waals surface area contributed by atoms with Gasteiger partial charge in [-0.05, 0) is 36.6 Å². The predicted molar refractivity (Wildman–Crippen MR) is 76.6 cm³/mol. The van der Waals surface area contributed by atoms with E-state index in [0.29, 0.717) is 12.1 Å². The van der Waals surface area contributed by atoms with E-state index in [-0.39, 0.29) is 17.4 Å². The molecule has 20 heavy (non-hydrogen) atoms. The normalized spacial score (nSPS) is 13.3. The quantitative estimate of drug-likeness (QED) is 0.657. The zero-order valence-corrected chi connectivity index (χ0v) is 12.4. The summed E-state index contributed by atoms with van der Waals surface area (Å²) in [4.78, 5) is 11.2. The smallest absolute Gasteiger partial charge is 0.307 e. The average molecular weight is 300 g/mol. The van der Waals surface area contributed by atoms with E-state index < -0.39 is 21.9 Å². The minimum atomic E-state index is -3.71. The minimum absolute atomic E-state index is 0.0698. The number of hydrogen-bond donors (Lipinski definition) is 3. The highest BCUT2D eigenvalue weighted by molar-refractivity contribution is 7.89. The van der Waals surface area contributed by atoms with Crippen LogP contribution in [0.15, 0.2) is 29.2 Å². The number of aliphatic carboxylic acids is 1. The molecule has 0 spiro atoms. The van der Waals surface area contributed by atoms with Gasteiger partial charge in [-0.25, -0.2) is 13.1 Å². The van der Waals surface area contributed by atoms with E-state index in [4.69, 9.17) is 10.8 Å². The Morgan fingerprint density at radius 2 is 1.85 bits per heavy atom. The van der Waals surface area contributed by atoms with Gasteiger partial charge in [0, 0.05) is 12.2 Å². The first-order valence-corrected chi connectivity index (χ1v) is 7.78. The van der Waals surface area contributed by atoms with E-state index in [1.54, 1.807) is 0 Å². The number of sulfonamides is 1. The third-order valence-corrected chi connectivity index (χ3v) is 4.25. The van der Waals surface area contributed by atoms with Crippen molar-refractivity contribution in [3.63, 3.8) is 0 Å². The number of benzene rings is 1. The van der Waals surface area contributed by atoms with Gasteiger partial charge in [0.2, 0.25) is 10.0 Å². The van der Waals surface area contributed by atoms with Crippen LogP contribution in [0.4, 0.5) is 5.69 Å². The zero-order valence-electron chi connectivity index (χ0n) is 11.5. The van der Waals surface area contributed by atoms with Gasteiger partial charge < -0.3 is 10.8 Å². The summed E-state index contributed by atoms with van der Waals surface area (Å²) in [7, 11) is -3.71. The number of nitrogens with two attached hydrogens (primary N) is 1. The van der Waals surface area contributed by atoms with E-state index in [0.717, 1.165) is 0 Å². The number of anilines is 1. The van der Waals surface area contributed by atoms with Crippen LogP contribution in [0.2, 0.25) is 0 Å². The van der Waals surface area contributed by atoms with Gasteiger partial charge in [-0.2, -0.15) is 0 Å². The molecule has 0 heterocycles. The highest BCUT2D eigenvalue weighted by Crippen LogP contribution is 2.14. The summed E-state index contributed by atoms with van der Waals surface area (Å²) >= 11 is 0. The maximum absolute atomic E-state index is 12.0. The maximum atomic E-state index is 12.0. The van der Waals surface area contributed by atoms with Gasteiger partial charge in [-0.3, -0.25) is 4.79 Å². The van der Waals surface area contributed by atoms with Gasteiger partial charge in [0.25, 0.3) is 0 Å². The number of carbonyl (C=O) groups is 1. The van der Waals surface area contributed by atoms with E-state index in [1.165, 1.54) is 24.3 Å². The molecule has 0 fully saturated rings. The molecule has 6 nitrogen and oxygen atoms in total. The molecule has 7 heteroatoms. The van der Waals surface area contributed by atoms with Crippen LogP contribution in [0.1, 0.15) is 20.3 Å². The molecule has 0 aromatic heterocycles. The van der Waals surface area contributed by atoms with Gasteiger partial charge in [0.1, 0.15) is 0 Å². The molecular formula is C13H20N2O4S. The lowest BCUT2D eigenvalue weighted by molar-refractivity contribution is -0.142. The molecule has 1 aromatic carbocycles. The van der Waals surface area contributed by atoms with Crippen molar-refractivity contribution >= 4 is 21.7 Å². The Morgan fingerprint density at radius 1 is 1.30 bits per heavy atom. The second kappa shape index (κ2) is 6.71. The highest BCUT2D eigenvalue weighted by Gasteiger charge is 2.22. The Bertz CT molecular complexity index is 552. The molecule has 112 valence electrons. The molecule has 1 unspecified atom stereocenters. The Labute approximate surface area is 119 Å². The van der Waals surface area contributed by atoms with Gasteiger partial charge in [-0.1, -0.05) is 13.8 Å². The third-order valence-electron chi connectivity index (χ3n) is 2.82. The summed E-state index contributed by atoms with van der Waals surface area (Å²) in [6, 6.07) is 5.74. The topological polar surface area (TPSA) is 109 Å². The van der Waals surface area contributed by atoms with Gasteiger partial charge >= 0.3 is 5.97 Å². The molecule has 1 atom stereocenters. The van der Waals surface area contributed by atoms with Crippen molar-refractivity contribution in [2.75, 3.05) is 12.3 Å². The Kier molecular flexibility index (Phi) is 5.52. The number of nitrogen functional groups attached to an aromatic ring is 1. The molecular weight excluding hydrogens is 280 g/mol. The van der Waals surface area contributed by atoms with E-state index in [2.05, 4.69) is 4.72 Å². The van der Waals surface area contributed by atoms with E-state index >= 15 is 0 Å². The number of rotatable bonds is 7. The molecule has 0 bridgehead atoms. The van der Waals surface area contributed by atoms with Crippen LogP contribution in [0.5, 0.6) is 0 Å². The van der Waals surface area contributed by atoms with E-state index in [1.807, 2.05) is 13.8 Å². The van der Waals surface area contributed by atoms with Gasteiger partial charge in [0.05, 0.1) is 10.8 Å². The lowest BCUT2D eigenvalue weighted by Gasteiger charge is -2.15. The summed E-state index contributed by atoms with van der Waals surface area (Å²) in [5.41, 5.74) is 5.96. The van der Waals surface area contributed by atoms with Crippen molar-refractivity contribution in [1.29, 1.82) is 0 Å². The third kappa shape index (κ3) is 4.82. The second-order valence-corrected chi connectivity index (χ2v) is 6.85. The van der Waals surface area contributed by atoms with Crippen molar-refractivity contribution in [2.24, 2.45) is 11.8 Å². The highest BCUT2D eigenvalue weighted by atomic mass is 32.2. The Balaban J connectivity index is 2.75. The predicted octanol–water partition coefficient (Wildman–Crippen LogP) is 1.29. The van der Waals surface area contributed by atoms with Gasteiger partial charge in [-0.15, -0.1) is 0 Å². The molecule has 1 rings (SSSR count). The second-order valence-electron chi connectivity index (χ2n) is 5.09. The zero-order chi connectivity index (χ0) is 15.3. The maximum Gasteiger partial charge on any atom is 0.307 e. The fourth-order valence-corrected chi connectivity index (χ4v) is 2.86. The average Bonchev–Trinajstić information content (AvgIpc) is 2.34. The first kappa shape index (κ1) is 16.5. The van der Waals surface area contributed by atoms with Crippen molar-refractivity contribution in [1.82, 2.24) is 4.72 Å². The van der Waals surface area contributed by atoms with Gasteiger partial charge in [0.15, 0.2) is 0 Å². The Morgan fingerprint density at radius 3 is 2.30 bits per heavy atom. The van der Waals surface area contributed by atoms with E-state index in [9.17, 15) is 13.2 Å². The van der Waals surface area contributed by atoms with Crippen LogP contribution in [0, 0.1) is 11.8 Å². The molecule has 0 aliphatic carbocycles. The SMILES string of the molecule is CC(C)CC(CNS(=O)(=O)c1ccc(N)cc1)C(=O)O. The fourth-order valence-electron chi connectivity index (χ4n) is 1.78. The molecule has 0 saturated heterocycles. The monoisotopic (exact) mass is 300 g/mol. The molecule has 0 amide bonds. The molecule has 0 aliphatic heterocycles. The molecule has 1 aromatic rings. The van der Waals surface area contributed by atoms with Crippen LogP contribution < -0.4 is 10.5 Å². The number of carboxylic acid groups (broad SMARTS) is 1. The summed E-state index contributed by atoms with van der Waals surface area (Å²) in [5, 5.41) is 9.07. The van der Waals surface area contributed by atoms with Crippen LogP contribution in [-0.4, -0.2) is 26.0 Å². The summed E-state index contributed by atoms with van der Waals surface area (Å²) < 4.78 is 26.4. The molecule has 4 N–H and O–H groups in total. The Hall–Kier alpha value is -1.60. The first-order valence-electron chi connectivity index (χ1n) is 6.30. The van der Waals surface area contributed by atoms with Crippen LogP contribution >= 0.6 is 0 Å². The molecule has 0 aliphatic rings. The number of carboxylic acids is 1. The van der Waals surface area contributed by atoms with Crippen molar-refractivity contribution in [3.8, 4) is 0 Å².